The number of nitrogens with zero attached hydrogens (tertiary/aromatic N) is 2. The standard InChI is InChI=1S/C19H12Cl2F3N3O2S2/c20-12-4-2-1-3-10(12)7-14-17(29)27(18(30)31-14)6-5-15(28)26-16-13(21)8-11(9-25-16)19(22,23)24/h1-4,7-9H,5-6H2,(H,25,26,28). The first-order valence-electron chi connectivity index (χ1n) is 8.59. The molecule has 1 aromatic heterocycles. The molecule has 1 saturated heterocycles. The fourth-order valence-electron chi connectivity index (χ4n) is 2.52. The first-order valence-corrected chi connectivity index (χ1v) is 10.6. The number of carbonyl (C=O) groups excluding carboxylic acids is 2. The fraction of sp³-hybridized carbons (Fsp3) is 0.158. The van der Waals surface area contributed by atoms with E-state index in [4.69, 9.17) is 35.4 Å². The van der Waals surface area contributed by atoms with Crippen molar-refractivity contribution < 1.29 is 22.8 Å². The molecule has 0 radical (unpaired) electrons. The van der Waals surface area contributed by atoms with E-state index >= 15 is 0 Å². The van der Waals surface area contributed by atoms with Gasteiger partial charge in [0, 0.05) is 24.2 Å². The number of hydrogen-bond donors (Lipinski definition) is 1. The van der Waals surface area contributed by atoms with E-state index in [-0.39, 0.29) is 34.0 Å². The summed E-state index contributed by atoms with van der Waals surface area (Å²) >= 11 is 18.2. The van der Waals surface area contributed by atoms with Crippen molar-refractivity contribution >= 4 is 75.2 Å². The highest BCUT2D eigenvalue weighted by Crippen LogP contribution is 2.34. The number of hydrogen-bond acceptors (Lipinski definition) is 5. The van der Waals surface area contributed by atoms with Crippen molar-refractivity contribution in [3.05, 3.63) is 62.6 Å². The summed E-state index contributed by atoms with van der Waals surface area (Å²) in [4.78, 5) is 30.0. The molecule has 31 heavy (non-hydrogen) atoms. The van der Waals surface area contributed by atoms with E-state index in [1.54, 1.807) is 30.3 Å². The molecular formula is C19H12Cl2F3N3O2S2. The van der Waals surface area contributed by atoms with Crippen molar-refractivity contribution in [2.24, 2.45) is 0 Å². The van der Waals surface area contributed by atoms with Gasteiger partial charge in [0.25, 0.3) is 5.91 Å². The molecule has 2 heterocycles. The van der Waals surface area contributed by atoms with Crippen molar-refractivity contribution in [1.29, 1.82) is 0 Å². The van der Waals surface area contributed by atoms with Gasteiger partial charge in [0.15, 0.2) is 5.82 Å². The van der Waals surface area contributed by atoms with E-state index in [1.807, 2.05) is 0 Å². The van der Waals surface area contributed by atoms with Gasteiger partial charge in [-0.3, -0.25) is 14.5 Å². The average Bonchev–Trinajstić information content (AvgIpc) is 2.95. The van der Waals surface area contributed by atoms with Gasteiger partial charge >= 0.3 is 6.18 Å². The number of benzene rings is 1. The molecule has 0 unspecified atom stereocenters. The maximum absolute atomic E-state index is 12.7. The first-order chi connectivity index (χ1) is 14.6. The lowest BCUT2D eigenvalue weighted by molar-refractivity contribution is -0.137. The summed E-state index contributed by atoms with van der Waals surface area (Å²) in [6.45, 7) is -0.0192. The quantitative estimate of drug-likeness (QED) is 0.421. The Balaban J connectivity index is 1.62. The zero-order chi connectivity index (χ0) is 22.8. The summed E-state index contributed by atoms with van der Waals surface area (Å²) in [6.07, 6.45) is -2.57. The summed E-state index contributed by atoms with van der Waals surface area (Å²) in [7, 11) is 0. The number of anilines is 1. The number of nitrogens with one attached hydrogen (secondary N) is 1. The zero-order valence-electron chi connectivity index (χ0n) is 15.4. The van der Waals surface area contributed by atoms with Crippen LogP contribution in [0.4, 0.5) is 19.0 Å². The maximum Gasteiger partial charge on any atom is 0.417 e. The minimum Gasteiger partial charge on any atom is -0.309 e. The van der Waals surface area contributed by atoms with Crippen LogP contribution in [0, 0.1) is 0 Å². The van der Waals surface area contributed by atoms with E-state index in [0.717, 1.165) is 11.8 Å². The Morgan fingerprint density at radius 3 is 2.61 bits per heavy atom. The molecule has 0 bridgehead atoms. The number of alkyl halides is 3. The molecule has 1 fully saturated rings. The molecule has 0 spiro atoms. The molecule has 0 aliphatic carbocycles. The topological polar surface area (TPSA) is 62.3 Å². The molecule has 3 rings (SSSR count). The van der Waals surface area contributed by atoms with Crippen LogP contribution in [0.3, 0.4) is 0 Å². The molecule has 2 aromatic rings. The summed E-state index contributed by atoms with van der Waals surface area (Å²) in [5, 5.41) is 2.46. The Hall–Kier alpha value is -2.14. The van der Waals surface area contributed by atoms with Gasteiger partial charge in [-0.1, -0.05) is 65.4 Å². The Labute approximate surface area is 194 Å². The number of rotatable bonds is 5. The Morgan fingerprint density at radius 1 is 1.26 bits per heavy atom. The third-order valence-corrected chi connectivity index (χ3v) is 6.06. The smallest absolute Gasteiger partial charge is 0.309 e. The summed E-state index contributed by atoms with van der Waals surface area (Å²) < 4.78 is 38.3. The van der Waals surface area contributed by atoms with Crippen LogP contribution in [0.5, 0.6) is 0 Å². The zero-order valence-corrected chi connectivity index (χ0v) is 18.5. The van der Waals surface area contributed by atoms with Crippen LogP contribution in [0.25, 0.3) is 6.08 Å². The predicted octanol–water partition coefficient (Wildman–Crippen LogP) is 5.64. The summed E-state index contributed by atoms with van der Waals surface area (Å²) in [5.41, 5.74) is -0.371. The number of pyridine rings is 1. The molecule has 5 nitrogen and oxygen atoms in total. The number of thioether (sulfide) groups is 1. The van der Waals surface area contributed by atoms with Gasteiger partial charge in [-0.05, 0) is 23.8 Å². The second-order valence-electron chi connectivity index (χ2n) is 6.21. The first kappa shape index (κ1) is 23.5. The minimum absolute atomic E-state index is 0.0192. The molecule has 0 atom stereocenters. The summed E-state index contributed by atoms with van der Waals surface area (Å²) in [5.74, 6) is -1.16. The lowest BCUT2D eigenvalue weighted by Crippen LogP contribution is -2.31. The number of amides is 2. The summed E-state index contributed by atoms with van der Waals surface area (Å²) in [6, 6.07) is 7.66. The van der Waals surface area contributed by atoms with Crippen molar-refractivity contribution in [1.82, 2.24) is 9.88 Å². The van der Waals surface area contributed by atoms with Crippen molar-refractivity contribution in [3.8, 4) is 0 Å². The van der Waals surface area contributed by atoms with Crippen LogP contribution in [0.15, 0.2) is 41.4 Å². The van der Waals surface area contributed by atoms with Crippen molar-refractivity contribution in [3.63, 3.8) is 0 Å². The van der Waals surface area contributed by atoms with E-state index in [2.05, 4.69) is 10.3 Å². The largest absolute Gasteiger partial charge is 0.417 e. The van der Waals surface area contributed by atoms with Gasteiger partial charge in [-0.2, -0.15) is 13.2 Å². The molecule has 1 aliphatic rings. The molecule has 2 amide bonds. The van der Waals surface area contributed by atoms with Gasteiger partial charge < -0.3 is 5.32 Å². The monoisotopic (exact) mass is 505 g/mol. The van der Waals surface area contributed by atoms with Crippen LogP contribution < -0.4 is 5.32 Å². The normalized spacial score (nSPS) is 15.6. The highest BCUT2D eigenvalue weighted by Gasteiger charge is 2.33. The fourth-order valence-corrected chi connectivity index (χ4v) is 4.22. The van der Waals surface area contributed by atoms with Gasteiger partial charge in [0.2, 0.25) is 5.91 Å². The molecule has 1 aliphatic heterocycles. The van der Waals surface area contributed by atoms with E-state index in [0.29, 0.717) is 27.8 Å². The van der Waals surface area contributed by atoms with E-state index in [1.165, 1.54) is 4.90 Å². The number of aromatic nitrogens is 1. The number of thiocarbonyl (C=S) groups is 1. The minimum atomic E-state index is -4.60. The van der Waals surface area contributed by atoms with Crippen LogP contribution in [0.2, 0.25) is 10.0 Å². The third-order valence-electron chi connectivity index (χ3n) is 4.05. The maximum atomic E-state index is 12.7. The lowest BCUT2D eigenvalue weighted by atomic mass is 10.2. The third kappa shape index (κ3) is 5.76. The van der Waals surface area contributed by atoms with E-state index in [9.17, 15) is 22.8 Å². The Morgan fingerprint density at radius 2 is 1.97 bits per heavy atom. The van der Waals surface area contributed by atoms with Gasteiger partial charge in [-0.15, -0.1) is 0 Å². The van der Waals surface area contributed by atoms with Crippen molar-refractivity contribution in [2.75, 3.05) is 11.9 Å². The van der Waals surface area contributed by atoms with Crippen LogP contribution in [-0.2, 0) is 15.8 Å². The van der Waals surface area contributed by atoms with Gasteiger partial charge in [0.1, 0.15) is 4.32 Å². The molecule has 1 aromatic carbocycles. The average molecular weight is 506 g/mol. The second kappa shape index (κ2) is 9.56. The van der Waals surface area contributed by atoms with Crippen LogP contribution in [0.1, 0.15) is 17.5 Å². The van der Waals surface area contributed by atoms with Crippen molar-refractivity contribution in [2.45, 2.75) is 12.6 Å². The van der Waals surface area contributed by atoms with Gasteiger partial charge in [0.05, 0.1) is 15.5 Å². The van der Waals surface area contributed by atoms with Crippen LogP contribution >= 0.6 is 47.2 Å². The molecule has 1 N–H and O–H groups in total. The molecule has 162 valence electrons. The molecule has 12 heteroatoms. The highest BCUT2D eigenvalue weighted by molar-refractivity contribution is 8.26. The van der Waals surface area contributed by atoms with Crippen LogP contribution in [-0.4, -0.2) is 32.6 Å². The number of carbonyl (C=O) groups is 2. The van der Waals surface area contributed by atoms with Gasteiger partial charge in [-0.25, -0.2) is 4.98 Å². The highest BCUT2D eigenvalue weighted by atomic mass is 35.5. The lowest BCUT2D eigenvalue weighted by Gasteiger charge is -2.14. The predicted molar refractivity (Wildman–Crippen MR) is 119 cm³/mol. The number of halogens is 5. The Bertz CT molecular complexity index is 1090. The SMILES string of the molecule is O=C(CCN1C(=O)C(=Cc2ccccc2Cl)SC1=S)Nc1ncc(C(F)(F)F)cc1Cl. The second-order valence-corrected chi connectivity index (χ2v) is 8.70. The molecule has 0 saturated carbocycles. The Kier molecular flexibility index (Phi) is 7.25. The molecular weight excluding hydrogens is 494 g/mol. The van der Waals surface area contributed by atoms with E-state index < -0.39 is 17.6 Å².